The Morgan fingerprint density at radius 2 is 1.71 bits per heavy atom. The molecule has 41 heavy (non-hydrogen) atoms. The Bertz CT molecular complexity index is 1550. The molecule has 0 spiro atoms. The number of para-hydroxylation sites is 2. The van der Waals surface area contributed by atoms with Crippen LogP contribution in [0.3, 0.4) is 0 Å². The van der Waals surface area contributed by atoms with Crippen LogP contribution in [0.4, 0.5) is 0 Å². The zero-order valence-corrected chi connectivity index (χ0v) is 24.8. The highest BCUT2D eigenvalue weighted by molar-refractivity contribution is 8.77. The van der Waals surface area contributed by atoms with E-state index in [4.69, 9.17) is 9.47 Å². The second kappa shape index (κ2) is 12.4. The number of rotatable bonds is 11. The third kappa shape index (κ3) is 6.12. The summed E-state index contributed by atoms with van der Waals surface area (Å²) in [5.41, 5.74) is 0.325. The number of nitrogens with zero attached hydrogens (tertiary/aromatic N) is 2. The van der Waals surface area contributed by atoms with Crippen LogP contribution in [0.2, 0.25) is 0 Å². The topological polar surface area (TPSA) is 97.8 Å². The molecule has 210 valence electrons. The van der Waals surface area contributed by atoms with Gasteiger partial charge in [-0.3, -0.25) is 9.59 Å². The molecule has 1 aliphatic rings. The lowest BCUT2D eigenvalue weighted by Gasteiger charge is -2.55. The number of benzene rings is 3. The second-order valence-electron chi connectivity index (χ2n) is 9.37. The highest BCUT2D eigenvalue weighted by Crippen LogP contribution is 2.50. The van der Waals surface area contributed by atoms with E-state index in [1.165, 1.54) is 44.7 Å². The predicted molar refractivity (Wildman–Crippen MR) is 162 cm³/mol. The van der Waals surface area contributed by atoms with Crippen molar-refractivity contribution in [1.82, 2.24) is 15.2 Å². The zero-order valence-electron chi connectivity index (χ0n) is 22.3. The van der Waals surface area contributed by atoms with Crippen molar-refractivity contribution in [2.45, 2.75) is 41.9 Å². The van der Waals surface area contributed by atoms with E-state index in [2.05, 4.69) is 16.9 Å². The Labute approximate surface area is 249 Å². The fraction of sp³-hybridized carbons (Fsp3) is 0.200. The molecule has 0 radical (unpaired) electrons. The molecule has 11 heteroatoms. The van der Waals surface area contributed by atoms with Crippen molar-refractivity contribution in [3.8, 4) is 5.75 Å². The van der Waals surface area contributed by atoms with Gasteiger partial charge in [-0.15, -0.1) is 11.3 Å². The van der Waals surface area contributed by atoms with Crippen molar-refractivity contribution in [1.29, 1.82) is 0 Å². The van der Waals surface area contributed by atoms with Crippen LogP contribution in [0.15, 0.2) is 101 Å². The molecule has 1 aliphatic heterocycles. The van der Waals surface area contributed by atoms with E-state index in [9.17, 15) is 14.4 Å². The number of amides is 2. The van der Waals surface area contributed by atoms with Gasteiger partial charge in [-0.1, -0.05) is 78.0 Å². The van der Waals surface area contributed by atoms with Crippen molar-refractivity contribution in [3.05, 3.63) is 103 Å². The average molecular weight is 606 g/mol. The first kappa shape index (κ1) is 28.7. The molecule has 0 saturated carbocycles. The number of hydrogen-bond acceptors (Lipinski definition) is 9. The van der Waals surface area contributed by atoms with Crippen LogP contribution < -0.4 is 10.1 Å². The van der Waals surface area contributed by atoms with Gasteiger partial charge in [-0.05, 0) is 53.1 Å². The van der Waals surface area contributed by atoms with E-state index in [-0.39, 0.29) is 6.61 Å². The molecular formula is C30H27N3O5S3. The van der Waals surface area contributed by atoms with Gasteiger partial charge >= 0.3 is 5.97 Å². The molecule has 5 rings (SSSR count). The number of fused-ring (bicyclic) bond motifs is 1. The third-order valence-electron chi connectivity index (χ3n) is 6.21. The normalized spacial score (nSPS) is 18.8. The van der Waals surface area contributed by atoms with Gasteiger partial charge in [0.15, 0.2) is 15.8 Å². The molecule has 4 aromatic rings. The van der Waals surface area contributed by atoms with Crippen molar-refractivity contribution in [3.63, 3.8) is 0 Å². The number of ether oxygens (including phenoxy) is 2. The molecule has 2 heterocycles. The summed E-state index contributed by atoms with van der Waals surface area (Å²) in [5.74, 6) is -1.27. The van der Waals surface area contributed by atoms with E-state index in [0.29, 0.717) is 11.3 Å². The molecule has 8 nitrogen and oxygen atoms in total. The summed E-state index contributed by atoms with van der Waals surface area (Å²) in [5, 5.41) is 1.91. The van der Waals surface area contributed by atoms with E-state index >= 15 is 0 Å². The van der Waals surface area contributed by atoms with Crippen molar-refractivity contribution in [2.75, 3.05) is 0 Å². The third-order valence-corrected chi connectivity index (χ3v) is 10.2. The Morgan fingerprint density at radius 3 is 2.37 bits per heavy atom. The maximum Gasteiger partial charge on any atom is 0.333 e. The fourth-order valence-electron chi connectivity index (χ4n) is 4.40. The number of esters is 1. The molecule has 3 aromatic carbocycles. The second-order valence-corrected chi connectivity index (χ2v) is 12.9. The number of aromatic nitrogens is 1. The molecule has 1 N–H and O–H groups in total. The highest BCUT2D eigenvalue weighted by Gasteiger charge is 2.68. The summed E-state index contributed by atoms with van der Waals surface area (Å²) in [7, 11) is 2.61. The molecule has 1 saturated heterocycles. The van der Waals surface area contributed by atoms with E-state index < -0.39 is 34.9 Å². The molecule has 2 amide bonds. The number of hydrogen-bond donors (Lipinski definition) is 1. The molecule has 3 unspecified atom stereocenters. The summed E-state index contributed by atoms with van der Waals surface area (Å²) in [6.07, 6.45) is 0. The van der Waals surface area contributed by atoms with Crippen LogP contribution in [0.1, 0.15) is 19.4 Å². The van der Waals surface area contributed by atoms with Crippen molar-refractivity contribution >= 4 is 60.9 Å². The summed E-state index contributed by atoms with van der Waals surface area (Å²) in [6, 6.07) is 24.7. The minimum absolute atomic E-state index is 0.0428. The fourth-order valence-corrected chi connectivity index (χ4v) is 8.45. The lowest BCUT2D eigenvalue weighted by atomic mass is 9.95. The molecule has 0 aliphatic carbocycles. The summed E-state index contributed by atoms with van der Waals surface area (Å²) in [4.78, 5) is 45.9. The average Bonchev–Trinajstić information content (AvgIpc) is 3.38. The van der Waals surface area contributed by atoms with Gasteiger partial charge in [0.05, 0.1) is 10.2 Å². The minimum Gasteiger partial charge on any atom is -0.459 e. The minimum atomic E-state index is -1.77. The van der Waals surface area contributed by atoms with Gasteiger partial charge in [-0.25, -0.2) is 9.78 Å². The number of β-lactam (4-membered cyclic amide) rings is 1. The first-order valence-electron chi connectivity index (χ1n) is 12.7. The predicted octanol–water partition coefficient (Wildman–Crippen LogP) is 5.80. The quantitative estimate of drug-likeness (QED) is 0.0753. The molecule has 3 atom stereocenters. The first-order valence-corrected chi connectivity index (χ1v) is 15.7. The number of carbonyl (C=O) groups excluding carboxylic acids is 3. The Balaban J connectivity index is 1.47. The SMILES string of the molecule is C=C(C)C(C(=O)OCc1ccccc1)N1C(=O)C(NC(C)=O)(Oc2ccccc2)C1SSc1nc2ccccc2s1. The molecular weight excluding hydrogens is 579 g/mol. The van der Waals surface area contributed by atoms with E-state index in [0.717, 1.165) is 20.1 Å². The van der Waals surface area contributed by atoms with Crippen LogP contribution in [0.5, 0.6) is 5.75 Å². The maximum atomic E-state index is 14.0. The molecule has 0 bridgehead atoms. The van der Waals surface area contributed by atoms with Gasteiger partial charge in [0.25, 0.3) is 11.6 Å². The number of carbonyl (C=O) groups is 3. The Morgan fingerprint density at radius 1 is 1.05 bits per heavy atom. The van der Waals surface area contributed by atoms with Crippen LogP contribution in [0, 0.1) is 0 Å². The summed E-state index contributed by atoms with van der Waals surface area (Å²) >= 11 is 1.51. The standard InChI is InChI=1S/C30H27N3O5S3/c1-19(2)25(26(35)37-18-21-12-6-4-7-13-21)33-27(36)30(32-20(3)34,38-22-14-8-5-9-15-22)28(33)40-41-29-31-23-16-10-11-17-24(23)39-29/h4-17,25,28H,1,18H2,2-3H3,(H,32,34). The lowest BCUT2D eigenvalue weighted by Crippen LogP contribution is -2.83. The van der Waals surface area contributed by atoms with Gasteiger partial charge in [-0.2, -0.15) is 0 Å². The van der Waals surface area contributed by atoms with Crippen molar-refractivity contribution in [2.24, 2.45) is 0 Å². The van der Waals surface area contributed by atoms with Gasteiger partial charge in [0.2, 0.25) is 5.91 Å². The van der Waals surface area contributed by atoms with Gasteiger partial charge in [0, 0.05) is 6.92 Å². The van der Waals surface area contributed by atoms with Crippen LogP contribution in [0.25, 0.3) is 10.2 Å². The van der Waals surface area contributed by atoms with Gasteiger partial charge < -0.3 is 19.7 Å². The van der Waals surface area contributed by atoms with E-state index in [1.807, 2.05) is 60.7 Å². The van der Waals surface area contributed by atoms with E-state index in [1.54, 1.807) is 31.2 Å². The highest BCUT2D eigenvalue weighted by atomic mass is 33.1. The lowest BCUT2D eigenvalue weighted by molar-refractivity contribution is -0.190. The largest absolute Gasteiger partial charge is 0.459 e. The number of nitrogens with one attached hydrogen (secondary N) is 1. The smallest absolute Gasteiger partial charge is 0.333 e. The molecule has 1 aromatic heterocycles. The maximum absolute atomic E-state index is 14.0. The van der Waals surface area contributed by atoms with Gasteiger partial charge in [0.1, 0.15) is 12.4 Å². The Kier molecular flexibility index (Phi) is 8.67. The number of likely N-dealkylation sites (tertiary alicyclic amines) is 1. The van der Waals surface area contributed by atoms with Crippen LogP contribution >= 0.6 is 32.9 Å². The number of thiazole rings is 1. The Hall–Kier alpha value is -3.80. The van der Waals surface area contributed by atoms with Crippen molar-refractivity contribution < 1.29 is 23.9 Å². The molecule has 1 fully saturated rings. The summed E-state index contributed by atoms with van der Waals surface area (Å²) in [6.45, 7) is 7.02. The summed E-state index contributed by atoms with van der Waals surface area (Å²) < 4.78 is 13.6. The first-order chi connectivity index (χ1) is 19.8. The zero-order chi connectivity index (χ0) is 29.0. The monoisotopic (exact) mass is 605 g/mol. The van der Waals surface area contributed by atoms with Crippen LogP contribution in [-0.2, 0) is 25.7 Å². The van der Waals surface area contributed by atoms with Crippen LogP contribution in [-0.4, -0.2) is 44.8 Å².